The summed E-state index contributed by atoms with van der Waals surface area (Å²) in [6.07, 6.45) is -3.33. The van der Waals surface area contributed by atoms with Crippen molar-refractivity contribution in [2.75, 3.05) is 0 Å². The molecule has 0 aliphatic heterocycles. The molecule has 0 saturated heterocycles. The molecule has 0 heterocycles. The fourth-order valence-corrected chi connectivity index (χ4v) is 0.252. The third-order valence-electron chi connectivity index (χ3n) is 0.323. The molecule has 48 valence electrons. The van der Waals surface area contributed by atoms with Crippen LogP contribution in [0.2, 0.25) is 0 Å². The second-order valence-corrected chi connectivity index (χ2v) is 1.40. The Morgan fingerprint density at radius 2 is 2.00 bits per heavy atom. The summed E-state index contributed by atoms with van der Waals surface area (Å²) in [6, 6.07) is 0. The second-order valence-electron chi connectivity index (χ2n) is 1.40. The Morgan fingerprint density at radius 3 is 2.00 bits per heavy atom. The molecule has 0 atom stereocenters. The summed E-state index contributed by atoms with van der Waals surface area (Å²) in [7, 11) is 0. The van der Waals surface area contributed by atoms with E-state index in [1.54, 1.807) is 0 Å². The predicted molar refractivity (Wildman–Crippen MR) is 22.4 cm³/mol. The van der Waals surface area contributed by atoms with Crippen molar-refractivity contribution in [2.24, 2.45) is 0 Å². The molecular formula is C4H6F2O2. The molecule has 0 radical (unpaired) electrons. The molecule has 0 aromatic heterocycles. The normalized spacial score (nSPS) is 11.0. The molecule has 0 spiro atoms. The first kappa shape index (κ1) is 7.33. The van der Waals surface area contributed by atoms with Crippen molar-refractivity contribution in [1.29, 1.82) is 0 Å². The largest absolute Gasteiger partial charge is 0.401 e. The Hall–Kier alpha value is -0.670. The van der Waals surface area contributed by atoms with E-state index >= 15 is 0 Å². The van der Waals surface area contributed by atoms with E-state index in [0.717, 1.165) is 6.92 Å². The van der Waals surface area contributed by atoms with Gasteiger partial charge >= 0.3 is 12.1 Å². The summed E-state index contributed by atoms with van der Waals surface area (Å²) in [5.41, 5.74) is 0. The summed E-state index contributed by atoms with van der Waals surface area (Å²) >= 11 is 0. The Bertz CT molecular complexity index is 94.7. The SMILES string of the molecule is CC(=O)OC(C)(F)F. The van der Waals surface area contributed by atoms with Gasteiger partial charge in [-0.15, -0.1) is 0 Å². The van der Waals surface area contributed by atoms with Gasteiger partial charge in [0.1, 0.15) is 0 Å². The number of alkyl halides is 2. The number of hydrogen-bond acceptors (Lipinski definition) is 2. The van der Waals surface area contributed by atoms with Gasteiger partial charge in [-0.3, -0.25) is 4.79 Å². The molecule has 0 N–H and O–H groups in total. The van der Waals surface area contributed by atoms with Crippen LogP contribution in [0.25, 0.3) is 0 Å². The van der Waals surface area contributed by atoms with E-state index in [9.17, 15) is 13.6 Å². The summed E-state index contributed by atoms with van der Waals surface area (Å²) in [6.45, 7) is 1.44. The first-order valence-corrected chi connectivity index (χ1v) is 1.99. The van der Waals surface area contributed by atoms with Gasteiger partial charge in [0, 0.05) is 13.8 Å². The molecule has 0 aliphatic carbocycles. The molecule has 0 fully saturated rings. The van der Waals surface area contributed by atoms with Crippen molar-refractivity contribution in [3.05, 3.63) is 0 Å². The monoisotopic (exact) mass is 124 g/mol. The minimum atomic E-state index is -3.33. The van der Waals surface area contributed by atoms with E-state index in [0.29, 0.717) is 6.92 Å². The average molecular weight is 124 g/mol. The molecule has 0 amide bonds. The zero-order valence-electron chi connectivity index (χ0n) is 4.57. The third kappa shape index (κ3) is 5.33. The van der Waals surface area contributed by atoms with Crippen LogP contribution in [0.3, 0.4) is 0 Å². The van der Waals surface area contributed by atoms with Crippen LogP contribution in [0.1, 0.15) is 13.8 Å². The van der Waals surface area contributed by atoms with Crippen LogP contribution in [0.4, 0.5) is 8.78 Å². The first-order chi connectivity index (χ1) is 3.42. The topological polar surface area (TPSA) is 26.3 Å². The summed E-state index contributed by atoms with van der Waals surface area (Å²) in [5.74, 6) is -0.975. The van der Waals surface area contributed by atoms with Crippen molar-refractivity contribution in [1.82, 2.24) is 0 Å². The maximum absolute atomic E-state index is 11.5. The lowest BCUT2D eigenvalue weighted by Gasteiger charge is -2.07. The van der Waals surface area contributed by atoms with Gasteiger partial charge in [-0.2, -0.15) is 8.78 Å². The van der Waals surface area contributed by atoms with E-state index in [4.69, 9.17) is 0 Å². The van der Waals surface area contributed by atoms with Crippen LogP contribution in [0, 0.1) is 0 Å². The first-order valence-electron chi connectivity index (χ1n) is 1.99. The van der Waals surface area contributed by atoms with E-state index in [1.165, 1.54) is 0 Å². The molecule has 0 bridgehead atoms. The molecule has 0 saturated carbocycles. The Balaban J connectivity index is 3.55. The molecule has 0 unspecified atom stereocenters. The molecule has 4 heteroatoms. The molecule has 2 nitrogen and oxygen atoms in total. The summed E-state index contributed by atoms with van der Waals surface area (Å²) in [5, 5.41) is 0. The van der Waals surface area contributed by atoms with E-state index < -0.39 is 12.1 Å². The van der Waals surface area contributed by atoms with E-state index in [-0.39, 0.29) is 0 Å². The van der Waals surface area contributed by atoms with Crippen molar-refractivity contribution < 1.29 is 18.3 Å². The van der Waals surface area contributed by atoms with Crippen molar-refractivity contribution in [3.8, 4) is 0 Å². The fourth-order valence-electron chi connectivity index (χ4n) is 0.252. The second kappa shape index (κ2) is 2.07. The number of halogens is 2. The van der Waals surface area contributed by atoms with Crippen molar-refractivity contribution in [3.63, 3.8) is 0 Å². The van der Waals surface area contributed by atoms with Gasteiger partial charge < -0.3 is 4.74 Å². The molecule has 0 rings (SSSR count). The number of rotatable bonds is 1. The molecule has 0 aliphatic rings. The summed E-state index contributed by atoms with van der Waals surface area (Å²) < 4.78 is 26.5. The van der Waals surface area contributed by atoms with E-state index in [1.807, 2.05) is 0 Å². The van der Waals surface area contributed by atoms with Gasteiger partial charge in [0.25, 0.3) is 0 Å². The number of carbonyl (C=O) groups is 1. The highest BCUT2D eigenvalue weighted by atomic mass is 19.3. The zero-order valence-corrected chi connectivity index (χ0v) is 4.57. The number of carbonyl (C=O) groups excluding carboxylic acids is 1. The number of ether oxygens (including phenoxy) is 1. The van der Waals surface area contributed by atoms with Crippen LogP contribution in [0.5, 0.6) is 0 Å². The number of hydrogen-bond donors (Lipinski definition) is 0. The molecule has 0 aromatic carbocycles. The van der Waals surface area contributed by atoms with Gasteiger partial charge in [0.2, 0.25) is 0 Å². The Labute approximate surface area is 45.4 Å². The van der Waals surface area contributed by atoms with Gasteiger partial charge in [0.05, 0.1) is 0 Å². The quantitative estimate of drug-likeness (QED) is 0.490. The Kier molecular flexibility index (Phi) is 1.89. The maximum Gasteiger partial charge on any atom is 0.396 e. The standard InChI is InChI=1S/C4H6F2O2/c1-3(7)8-4(2,5)6/h1-2H3. The fraction of sp³-hybridized carbons (Fsp3) is 0.750. The average Bonchev–Trinajstić information content (AvgIpc) is 1.21. The van der Waals surface area contributed by atoms with Crippen molar-refractivity contribution >= 4 is 5.97 Å². The van der Waals surface area contributed by atoms with Crippen LogP contribution in [-0.2, 0) is 9.53 Å². The van der Waals surface area contributed by atoms with Crippen molar-refractivity contribution in [2.45, 2.75) is 20.0 Å². The minimum Gasteiger partial charge on any atom is -0.401 e. The summed E-state index contributed by atoms with van der Waals surface area (Å²) in [4.78, 5) is 9.76. The van der Waals surface area contributed by atoms with Gasteiger partial charge in [0.15, 0.2) is 0 Å². The third-order valence-corrected chi connectivity index (χ3v) is 0.323. The van der Waals surface area contributed by atoms with Crippen LogP contribution < -0.4 is 0 Å². The van der Waals surface area contributed by atoms with E-state index in [2.05, 4.69) is 4.74 Å². The molecule has 0 aromatic rings. The maximum atomic E-state index is 11.5. The highest BCUT2D eigenvalue weighted by Gasteiger charge is 2.23. The zero-order chi connectivity index (χ0) is 6.78. The minimum absolute atomic E-state index is 0.508. The smallest absolute Gasteiger partial charge is 0.396 e. The number of esters is 1. The Morgan fingerprint density at radius 1 is 1.62 bits per heavy atom. The lowest BCUT2D eigenvalue weighted by molar-refractivity contribution is -0.220. The molecular weight excluding hydrogens is 118 g/mol. The highest BCUT2D eigenvalue weighted by molar-refractivity contribution is 5.66. The van der Waals surface area contributed by atoms with Crippen LogP contribution in [-0.4, -0.2) is 12.1 Å². The predicted octanol–water partition coefficient (Wildman–Crippen LogP) is 1.16. The van der Waals surface area contributed by atoms with Crippen LogP contribution in [0.15, 0.2) is 0 Å². The lowest BCUT2D eigenvalue weighted by atomic mass is 10.7. The highest BCUT2D eigenvalue weighted by Crippen LogP contribution is 2.12. The molecule has 8 heavy (non-hydrogen) atoms. The lowest BCUT2D eigenvalue weighted by Crippen LogP contribution is -2.18. The van der Waals surface area contributed by atoms with Crippen LogP contribution >= 0.6 is 0 Å². The van der Waals surface area contributed by atoms with Gasteiger partial charge in [-0.1, -0.05) is 0 Å². The van der Waals surface area contributed by atoms with Gasteiger partial charge in [-0.25, -0.2) is 0 Å². The van der Waals surface area contributed by atoms with Gasteiger partial charge in [-0.05, 0) is 0 Å².